The Labute approximate surface area is 110 Å². The average Bonchev–Trinajstić information content (AvgIpc) is 2.67. The zero-order valence-electron chi connectivity index (χ0n) is 11.3. The molecular formula is C14H16F2O3. The van der Waals surface area contributed by atoms with Gasteiger partial charge in [-0.15, -0.1) is 0 Å². The summed E-state index contributed by atoms with van der Waals surface area (Å²) in [5.74, 6) is -1.49. The van der Waals surface area contributed by atoms with Crippen molar-refractivity contribution in [3.63, 3.8) is 0 Å². The van der Waals surface area contributed by atoms with E-state index in [9.17, 15) is 8.78 Å². The fourth-order valence-corrected chi connectivity index (χ4v) is 2.29. The lowest BCUT2D eigenvalue weighted by molar-refractivity contribution is 0.0164. The van der Waals surface area contributed by atoms with Crippen LogP contribution in [0.4, 0.5) is 8.78 Å². The first-order chi connectivity index (χ1) is 8.92. The lowest BCUT2D eigenvalue weighted by Gasteiger charge is -2.20. The number of ether oxygens (including phenoxy) is 3. The lowest BCUT2D eigenvalue weighted by Crippen LogP contribution is -2.22. The Balaban J connectivity index is 2.63. The normalized spacial score (nSPS) is 17.8. The summed E-state index contributed by atoms with van der Waals surface area (Å²) >= 11 is 0. The van der Waals surface area contributed by atoms with Gasteiger partial charge in [0.25, 0.3) is 0 Å². The lowest BCUT2D eigenvalue weighted by atomic mass is 9.99. The van der Waals surface area contributed by atoms with Crippen molar-refractivity contribution in [1.82, 2.24) is 0 Å². The molecule has 1 heterocycles. The highest BCUT2D eigenvalue weighted by atomic mass is 19.2. The van der Waals surface area contributed by atoms with Gasteiger partial charge in [-0.05, 0) is 26.0 Å². The molecule has 5 heteroatoms. The van der Waals surface area contributed by atoms with Gasteiger partial charge in [0.15, 0.2) is 11.6 Å². The average molecular weight is 270 g/mol. The molecule has 0 spiro atoms. The van der Waals surface area contributed by atoms with Crippen molar-refractivity contribution in [2.45, 2.75) is 19.4 Å². The molecule has 0 unspecified atom stereocenters. The summed E-state index contributed by atoms with van der Waals surface area (Å²) < 4.78 is 42.9. The number of halogens is 2. The maximum Gasteiger partial charge on any atom is 0.201 e. The Morgan fingerprint density at radius 1 is 1.16 bits per heavy atom. The monoisotopic (exact) mass is 270 g/mol. The smallest absolute Gasteiger partial charge is 0.201 e. The van der Waals surface area contributed by atoms with Crippen LogP contribution in [0.1, 0.15) is 19.4 Å². The van der Waals surface area contributed by atoms with Crippen LogP contribution in [0.15, 0.2) is 17.9 Å². The quantitative estimate of drug-likeness (QED) is 0.844. The van der Waals surface area contributed by atoms with Gasteiger partial charge in [-0.25, -0.2) is 4.39 Å². The summed E-state index contributed by atoms with van der Waals surface area (Å²) in [6.07, 6.45) is 0. The Hall–Kier alpha value is -1.62. The largest absolute Gasteiger partial charge is 0.498 e. The van der Waals surface area contributed by atoms with E-state index in [-0.39, 0.29) is 12.4 Å². The first-order valence-electron chi connectivity index (χ1n) is 5.86. The molecule has 2 rings (SSSR count). The van der Waals surface area contributed by atoms with Crippen LogP contribution >= 0.6 is 0 Å². The Bertz CT molecular complexity index is 536. The van der Waals surface area contributed by atoms with Crippen molar-refractivity contribution in [2.24, 2.45) is 0 Å². The fourth-order valence-electron chi connectivity index (χ4n) is 2.29. The molecule has 0 bridgehead atoms. The minimum Gasteiger partial charge on any atom is -0.498 e. The molecule has 0 aliphatic carbocycles. The predicted molar refractivity (Wildman–Crippen MR) is 66.9 cm³/mol. The second kappa shape index (κ2) is 4.81. The van der Waals surface area contributed by atoms with Crippen molar-refractivity contribution in [2.75, 3.05) is 20.8 Å². The van der Waals surface area contributed by atoms with E-state index < -0.39 is 17.2 Å². The molecule has 1 aromatic rings. The third kappa shape index (κ3) is 2.18. The van der Waals surface area contributed by atoms with Gasteiger partial charge in [-0.1, -0.05) is 0 Å². The zero-order valence-corrected chi connectivity index (χ0v) is 11.3. The van der Waals surface area contributed by atoms with Crippen LogP contribution in [-0.4, -0.2) is 26.4 Å². The summed E-state index contributed by atoms with van der Waals surface area (Å²) in [5.41, 5.74) is 0.520. The van der Waals surface area contributed by atoms with E-state index >= 15 is 0 Å². The van der Waals surface area contributed by atoms with Gasteiger partial charge in [0, 0.05) is 11.1 Å². The Morgan fingerprint density at radius 2 is 1.84 bits per heavy atom. The summed E-state index contributed by atoms with van der Waals surface area (Å²) in [7, 11) is 2.83. The predicted octanol–water partition coefficient (Wildman–Crippen LogP) is 3.14. The minimum atomic E-state index is -1.01. The molecule has 1 aliphatic heterocycles. The van der Waals surface area contributed by atoms with E-state index in [1.165, 1.54) is 20.3 Å². The molecular weight excluding hydrogens is 254 g/mol. The third-order valence-electron chi connectivity index (χ3n) is 3.18. The van der Waals surface area contributed by atoms with Gasteiger partial charge in [-0.2, -0.15) is 4.39 Å². The Morgan fingerprint density at radius 3 is 2.42 bits per heavy atom. The minimum absolute atomic E-state index is 0.133. The van der Waals surface area contributed by atoms with Gasteiger partial charge in [0.1, 0.15) is 11.4 Å². The molecule has 0 saturated heterocycles. The van der Waals surface area contributed by atoms with E-state index in [2.05, 4.69) is 0 Å². The second-order valence-electron chi connectivity index (χ2n) is 4.75. The molecule has 0 fully saturated rings. The maximum atomic E-state index is 13.7. The van der Waals surface area contributed by atoms with Gasteiger partial charge in [-0.3, -0.25) is 0 Å². The van der Waals surface area contributed by atoms with Crippen LogP contribution in [0.25, 0.3) is 5.57 Å². The van der Waals surface area contributed by atoms with E-state index in [0.29, 0.717) is 16.9 Å². The van der Waals surface area contributed by atoms with E-state index in [1.807, 2.05) is 13.8 Å². The molecule has 0 N–H and O–H groups in total. The highest BCUT2D eigenvalue weighted by Gasteiger charge is 2.37. The van der Waals surface area contributed by atoms with Gasteiger partial charge in [0.05, 0.1) is 20.8 Å². The highest BCUT2D eigenvalue weighted by molar-refractivity contribution is 5.75. The highest BCUT2D eigenvalue weighted by Crippen LogP contribution is 2.40. The number of rotatable bonds is 3. The van der Waals surface area contributed by atoms with Crippen LogP contribution < -0.4 is 4.74 Å². The van der Waals surface area contributed by atoms with Gasteiger partial charge < -0.3 is 14.2 Å². The third-order valence-corrected chi connectivity index (χ3v) is 3.18. The van der Waals surface area contributed by atoms with Crippen LogP contribution in [-0.2, 0) is 9.47 Å². The van der Waals surface area contributed by atoms with Crippen LogP contribution in [0.5, 0.6) is 5.75 Å². The van der Waals surface area contributed by atoms with Crippen molar-refractivity contribution < 1.29 is 23.0 Å². The number of hydrogen-bond acceptors (Lipinski definition) is 3. The van der Waals surface area contributed by atoms with Gasteiger partial charge >= 0.3 is 0 Å². The molecule has 19 heavy (non-hydrogen) atoms. The van der Waals surface area contributed by atoms with E-state index in [1.54, 1.807) is 0 Å². The van der Waals surface area contributed by atoms with Crippen LogP contribution in [0.2, 0.25) is 0 Å². The molecule has 0 amide bonds. The summed E-state index contributed by atoms with van der Waals surface area (Å²) in [6.45, 7) is 3.97. The van der Waals surface area contributed by atoms with Gasteiger partial charge in [0.2, 0.25) is 5.82 Å². The van der Waals surface area contributed by atoms with Crippen LogP contribution in [0, 0.1) is 11.6 Å². The number of hydrogen-bond donors (Lipinski definition) is 0. The molecule has 104 valence electrons. The summed E-state index contributed by atoms with van der Waals surface area (Å²) in [5, 5.41) is 0. The van der Waals surface area contributed by atoms with E-state index in [0.717, 1.165) is 6.07 Å². The van der Waals surface area contributed by atoms with Crippen molar-refractivity contribution in [3.05, 3.63) is 35.1 Å². The number of benzene rings is 1. The second-order valence-corrected chi connectivity index (χ2v) is 4.75. The van der Waals surface area contributed by atoms with Crippen molar-refractivity contribution in [1.29, 1.82) is 0 Å². The molecule has 3 nitrogen and oxygen atoms in total. The van der Waals surface area contributed by atoms with E-state index in [4.69, 9.17) is 14.2 Å². The fraction of sp³-hybridized carbons (Fsp3) is 0.429. The summed E-state index contributed by atoms with van der Waals surface area (Å²) in [6, 6.07) is 2.54. The summed E-state index contributed by atoms with van der Waals surface area (Å²) in [4.78, 5) is 0. The van der Waals surface area contributed by atoms with Crippen LogP contribution in [0.3, 0.4) is 0 Å². The zero-order chi connectivity index (χ0) is 14.2. The Kier molecular flexibility index (Phi) is 3.49. The molecule has 0 atom stereocenters. The topological polar surface area (TPSA) is 27.7 Å². The molecule has 0 saturated carbocycles. The first-order valence-corrected chi connectivity index (χ1v) is 5.86. The molecule has 0 radical (unpaired) electrons. The SMILES string of the molecule is COC1=C(c2ccc(F)c(F)c2OC)COC1(C)C. The number of methoxy groups -OCH3 is 2. The maximum absolute atomic E-state index is 13.7. The molecule has 0 aromatic heterocycles. The van der Waals surface area contributed by atoms with Crippen molar-refractivity contribution in [3.8, 4) is 5.75 Å². The van der Waals surface area contributed by atoms with Crippen molar-refractivity contribution >= 4 is 5.57 Å². The molecule has 1 aromatic carbocycles. The first kappa shape index (κ1) is 13.8. The molecule has 1 aliphatic rings. The standard InChI is InChI=1S/C14H16F2O3/c1-14(2)13(18-4)9(7-19-14)8-5-6-10(15)11(16)12(8)17-3/h5-6H,7H2,1-4H3.